The molecule has 1 fully saturated rings. The van der Waals surface area contributed by atoms with Gasteiger partial charge in [0, 0.05) is 13.1 Å². The molecule has 0 bridgehead atoms. The van der Waals surface area contributed by atoms with Gasteiger partial charge in [0.1, 0.15) is 5.69 Å². The van der Waals surface area contributed by atoms with Crippen molar-refractivity contribution in [1.82, 2.24) is 0 Å². The number of anilines is 1. The Morgan fingerprint density at radius 2 is 1.30 bits per heavy atom. The molecule has 0 amide bonds. The van der Waals surface area contributed by atoms with Gasteiger partial charge in [-0.3, -0.25) is 0 Å². The molecule has 1 saturated heterocycles. The second-order valence-corrected chi connectivity index (χ2v) is 5.42. The second kappa shape index (κ2) is 5.20. The van der Waals surface area contributed by atoms with Gasteiger partial charge in [-0.25, -0.2) is 22.0 Å². The summed E-state index contributed by atoms with van der Waals surface area (Å²) in [6.45, 7) is 2.75. The Labute approximate surface area is 113 Å². The first kappa shape index (κ1) is 15.0. The van der Waals surface area contributed by atoms with E-state index in [1.165, 1.54) is 4.90 Å². The number of piperidine rings is 1. The number of hydrogen-bond acceptors (Lipinski definition) is 2. The van der Waals surface area contributed by atoms with Crippen LogP contribution in [0.15, 0.2) is 0 Å². The van der Waals surface area contributed by atoms with E-state index in [0.717, 1.165) is 0 Å². The van der Waals surface area contributed by atoms with Crippen molar-refractivity contribution in [3.05, 3.63) is 29.1 Å². The Morgan fingerprint density at radius 1 is 0.900 bits per heavy atom. The highest BCUT2D eigenvalue weighted by atomic mass is 19.2. The van der Waals surface area contributed by atoms with Crippen LogP contribution in [0.1, 0.15) is 19.8 Å². The average molecular weight is 294 g/mol. The first-order chi connectivity index (χ1) is 9.30. The molecule has 1 aliphatic heterocycles. The zero-order valence-corrected chi connectivity index (χ0v) is 10.9. The molecule has 1 aromatic rings. The van der Waals surface area contributed by atoms with Crippen molar-refractivity contribution < 1.29 is 22.0 Å². The molecule has 1 aromatic carbocycles. The number of nitrogens with zero attached hydrogens (tertiary/aromatic N) is 1. The topological polar surface area (TPSA) is 29.3 Å². The maximum absolute atomic E-state index is 13.7. The zero-order valence-electron chi connectivity index (χ0n) is 10.9. The van der Waals surface area contributed by atoms with E-state index in [-0.39, 0.29) is 18.5 Å². The fourth-order valence-electron chi connectivity index (χ4n) is 2.35. The van der Waals surface area contributed by atoms with Crippen LogP contribution in [-0.2, 0) is 0 Å². The van der Waals surface area contributed by atoms with Crippen molar-refractivity contribution >= 4 is 5.69 Å². The average Bonchev–Trinajstić information content (AvgIpc) is 2.45. The highest BCUT2D eigenvalue weighted by Crippen LogP contribution is 2.36. The number of benzene rings is 1. The van der Waals surface area contributed by atoms with Crippen LogP contribution in [0.3, 0.4) is 0 Å². The van der Waals surface area contributed by atoms with E-state index >= 15 is 0 Å². The molecule has 0 saturated carbocycles. The van der Waals surface area contributed by atoms with E-state index in [1.54, 1.807) is 0 Å². The van der Waals surface area contributed by atoms with Gasteiger partial charge in [-0.15, -0.1) is 0 Å². The Balaban J connectivity index is 2.36. The summed E-state index contributed by atoms with van der Waals surface area (Å²) in [5.41, 5.74) is 4.60. The van der Waals surface area contributed by atoms with Gasteiger partial charge in [-0.05, 0) is 24.8 Å². The summed E-state index contributed by atoms with van der Waals surface area (Å²) in [6, 6.07) is 0. The summed E-state index contributed by atoms with van der Waals surface area (Å²) in [6.07, 6.45) is 1.06. The zero-order chi connectivity index (χ0) is 15.1. The van der Waals surface area contributed by atoms with Crippen LogP contribution in [0.2, 0.25) is 0 Å². The lowest BCUT2D eigenvalue weighted by atomic mass is 9.80. The Kier molecular flexibility index (Phi) is 3.90. The van der Waals surface area contributed by atoms with Crippen LogP contribution in [0.4, 0.5) is 27.6 Å². The molecular formula is C13H15F5N2. The summed E-state index contributed by atoms with van der Waals surface area (Å²) in [5.74, 6) is -9.51. The van der Waals surface area contributed by atoms with Gasteiger partial charge in [0.2, 0.25) is 5.82 Å². The molecule has 1 heterocycles. The molecule has 0 unspecified atom stereocenters. The first-order valence-electron chi connectivity index (χ1n) is 6.27. The maximum Gasteiger partial charge on any atom is 0.200 e. The number of halogens is 5. The van der Waals surface area contributed by atoms with Crippen molar-refractivity contribution in [3.8, 4) is 0 Å². The molecule has 0 radical (unpaired) electrons. The molecule has 0 aliphatic carbocycles. The minimum Gasteiger partial charge on any atom is -0.367 e. The predicted molar refractivity (Wildman–Crippen MR) is 64.8 cm³/mol. The number of hydrogen-bond donors (Lipinski definition) is 1. The van der Waals surface area contributed by atoms with Crippen molar-refractivity contribution in [2.45, 2.75) is 19.8 Å². The van der Waals surface area contributed by atoms with Crippen LogP contribution >= 0.6 is 0 Å². The fraction of sp³-hybridized carbons (Fsp3) is 0.538. The molecular weight excluding hydrogens is 279 g/mol. The predicted octanol–water partition coefficient (Wildman–Crippen LogP) is 2.95. The van der Waals surface area contributed by atoms with Crippen LogP contribution in [-0.4, -0.2) is 19.6 Å². The van der Waals surface area contributed by atoms with Crippen LogP contribution in [0.25, 0.3) is 0 Å². The quantitative estimate of drug-likeness (QED) is 0.516. The largest absolute Gasteiger partial charge is 0.367 e. The van der Waals surface area contributed by atoms with Crippen molar-refractivity contribution in [2.75, 3.05) is 24.5 Å². The molecule has 112 valence electrons. The number of nitrogens with two attached hydrogens (primary N) is 1. The van der Waals surface area contributed by atoms with Gasteiger partial charge in [0.25, 0.3) is 0 Å². The van der Waals surface area contributed by atoms with Crippen LogP contribution in [0, 0.1) is 34.5 Å². The van der Waals surface area contributed by atoms with Crippen molar-refractivity contribution in [3.63, 3.8) is 0 Å². The SMILES string of the molecule is CC1(CN)CCN(c2c(F)c(F)c(F)c(F)c2F)CC1. The molecule has 2 nitrogen and oxygen atoms in total. The summed E-state index contributed by atoms with van der Waals surface area (Å²) >= 11 is 0. The van der Waals surface area contributed by atoms with E-state index in [4.69, 9.17) is 5.73 Å². The van der Waals surface area contributed by atoms with Gasteiger partial charge in [0.05, 0.1) is 0 Å². The van der Waals surface area contributed by atoms with Gasteiger partial charge in [0.15, 0.2) is 23.3 Å². The molecule has 0 atom stereocenters. The summed E-state index contributed by atoms with van der Waals surface area (Å²) in [7, 11) is 0. The molecule has 0 aromatic heterocycles. The van der Waals surface area contributed by atoms with E-state index < -0.39 is 34.8 Å². The molecule has 1 aliphatic rings. The van der Waals surface area contributed by atoms with Crippen LogP contribution in [0.5, 0.6) is 0 Å². The highest BCUT2D eigenvalue weighted by Gasteiger charge is 2.34. The lowest BCUT2D eigenvalue weighted by Gasteiger charge is -2.39. The minimum atomic E-state index is -2.13. The summed E-state index contributed by atoms with van der Waals surface area (Å²) < 4.78 is 66.7. The van der Waals surface area contributed by atoms with E-state index in [1.807, 2.05) is 6.92 Å². The summed E-state index contributed by atoms with van der Waals surface area (Å²) in [4.78, 5) is 1.19. The van der Waals surface area contributed by atoms with Gasteiger partial charge >= 0.3 is 0 Å². The smallest absolute Gasteiger partial charge is 0.200 e. The van der Waals surface area contributed by atoms with E-state index in [0.29, 0.717) is 19.4 Å². The van der Waals surface area contributed by atoms with E-state index in [2.05, 4.69) is 0 Å². The lowest BCUT2D eigenvalue weighted by molar-refractivity contribution is 0.255. The Morgan fingerprint density at radius 3 is 1.70 bits per heavy atom. The first-order valence-corrected chi connectivity index (χ1v) is 6.27. The second-order valence-electron chi connectivity index (χ2n) is 5.42. The lowest BCUT2D eigenvalue weighted by Crippen LogP contribution is -2.43. The third kappa shape index (κ3) is 2.34. The third-order valence-electron chi connectivity index (χ3n) is 3.97. The monoisotopic (exact) mass is 294 g/mol. The van der Waals surface area contributed by atoms with Crippen molar-refractivity contribution in [2.24, 2.45) is 11.1 Å². The summed E-state index contributed by atoms with van der Waals surface area (Å²) in [5, 5.41) is 0. The molecule has 2 rings (SSSR count). The standard InChI is InChI=1S/C13H15F5N2/c1-13(6-19)2-4-20(5-3-13)12-10(17)8(15)7(14)9(16)11(12)18/h2-6,19H2,1H3. The fourth-order valence-corrected chi connectivity index (χ4v) is 2.35. The van der Waals surface area contributed by atoms with Gasteiger partial charge in [-0.1, -0.05) is 6.92 Å². The molecule has 2 N–H and O–H groups in total. The highest BCUT2D eigenvalue weighted by molar-refractivity contribution is 5.51. The van der Waals surface area contributed by atoms with Crippen LogP contribution < -0.4 is 10.6 Å². The molecule has 20 heavy (non-hydrogen) atoms. The maximum atomic E-state index is 13.7. The normalized spacial score (nSPS) is 18.4. The van der Waals surface area contributed by atoms with Gasteiger partial charge < -0.3 is 10.6 Å². The van der Waals surface area contributed by atoms with Crippen molar-refractivity contribution in [1.29, 1.82) is 0 Å². The third-order valence-corrected chi connectivity index (χ3v) is 3.97. The minimum absolute atomic E-state index is 0.166. The molecule has 7 heteroatoms. The number of rotatable bonds is 2. The van der Waals surface area contributed by atoms with Gasteiger partial charge in [-0.2, -0.15) is 0 Å². The Hall–Kier alpha value is -1.37. The molecule has 0 spiro atoms. The Bertz CT molecular complexity index is 495. The van der Waals surface area contributed by atoms with E-state index in [9.17, 15) is 22.0 Å².